The first-order chi connectivity index (χ1) is 4.35. The van der Waals surface area contributed by atoms with Gasteiger partial charge in [0.15, 0.2) is 0 Å². The number of rotatable bonds is 4. The predicted molar refractivity (Wildman–Crippen MR) is 40.2 cm³/mol. The third-order valence-electron chi connectivity index (χ3n) is 0.938. The molecule has 0 aliphatic carbocycles. The van der Waals surface area contributed by atoms with Crippen LogP contribution < -0.4 is 0 Å². The minimum absolute atomic E-state index is 0.112. The molecule has 0 fully saturated rings. The largest absolute Gasteiger partial charge is 0.373 e. The lowest BCUT2D eigenvalue weighted by Crippen LogP contribution is -1.97. The van der Waals surface area contributed by atoms with Crippen LogP contribution in [-0.4, -0.2) is 26.3 Å². The summed E-state index contributed by atoms with van der Waals surface area (Å²) >= 11 is 0. The molecule has 3 heteroatoms. The SMILES string of the molecule is CO[C@H](/C=C\CF)PC. The normalized spacial score (nSPS) is 15.9. The second-order valence-electron chi connectivity index (χ2n) is 1.53. The van der Waals surface area contributed by atoms with E-state index < -0.39 is 6.67 Å². The van der Waals surface area contributed by atoms with E-state index in [-0.39, 0.29) is 5.85 Å². The molecule has 0 spiro atoms. The molecular weight excluding hydrogens is 138 g/mol. The first kappa shape index (κ1) is 9.06. The van der Waals surface area contributed by atoms with Crippen LogP contribution in [0.2, 0.25) is 0 Å². The Bertz CT molecular complexity index is 81.1. The third-order valence-corrected chi connectivity index (χ3v) is 1.94. The van der Waals surface area contributed by atoms with E-state index in [0.717, 1.165) is 0 Å². The van der Waals surface area contributed by atoms with Crippen molar-refractivity contribution in [1.29, 1.82) is 0 Å². The number of ether oxygens (including phenoxy) is 1. The lowest BCUT2D eigenvalue weighted by molar-refractivity contribution is 0.205. The Balaban J connectivity index is 3.41. The third kappa shape index (κ3) is 4.56. The van der Waals surface area contributed by atoms with Gasteiger partial charge in [0, 0.05) is 7.11 Å². The van der Waals surface area contributed by atoms with Crippen molar-refractivity contribution < 1.29 is 9.13 Å². The average molecular weight is 150 g/mol. The Kier molecular flexibility index (Phi) is 6.23. The van der Waals surface area contributed by atoms with E-state index in [1.165, 1.54) is 6.08 Å². The zero-order chi connectivity index (χ0) is 7.11. The molecule has 0 aromatic rings. The molecule has 0 heterocycles. The van der Waals surface area contributed by atoms with Crippen molar-refractivity contribution in [2.45, 2.75) is 5.85 Å². The van der Waals surface area contributed by atoms with Gasteiger partial charge < -0.3 is 4.74 Å². The van der Waals surface area contributed by atoms with E-state index in [1.807, 2.05) is 6.66 Å². The Morgan fingerprint density at radius 2 is 2.44 bits per heavy atom. The molecule has 0 N–H and O–H groups in total. The average Bonchev–Trinajstić information content (AvgIpc) is 1.91. The monoisotopic (exact) mass is 150 g/mol. The predicted octanol–water partition coefficient (Wildman–Crippen LogP) is 1.79. The van der Waals surface area contributed by atoms with E-state index in [4.69, 9.17) is 4.74 Å². The molecule has 1 unspecified atom stereocenters. The summed E-state index contributed by atoms with van der Waals surface area (Å²) in [6, 6.07) is 0. The molecule has 0 aliphatic heterocycles. The van der Waals surface area contributed by atoms with Crippen molar-refractivity contribution in [2.24, 2.45) is 0 Å². The second-order valence-corrected chi connectivity index (χ2v) is 2.67. The van der Waals surface area contributed by atoms with Gasteiger partial charge >= 0.3 is 0 Å². The van der Waals surface area contributed by atoms with Gasteiger partial charge in [0.05, 0.1) is 5.85 Å². The topological polar surface area (TPSA) is 9.23 Å². The summed E-state index contributed by atoms with van der Waals surface area (Å²) in [6.07, 6.45) is 3.23. The molecule has 0 bridgehead atoms. The standard InChI is InChI=1S/C6H12FOP/c1-8-6(9-2)4-3-5-7/h3-4,6,9H,5H2,1-2H3/b4-3-/t6-/m0/s1. The minimum atomic E-state index is -0.398. The van der Waals surface area contributed by atoms with E-state index in [1.54, 1.807) is 13.2 Å². The minimum Gasteiger partial charge on any atom is -0.373 e. The molecule has 0 aromatic heterocycles. The van der Waals surface area contributed by atoms with Crippen LogP contribution in [0.15, 0.2) is 12.2 Å². The zero-order valence-electron chi connectivity index (χ0n) is 5.73. The molecule has 1 nitrogen and oxygen atoms in total. The molecule has 0 rings (SSSR count). The van der Waals surface area contributed by atoms with Crippen LogP contribution in [0.3, 0.4) is 0 Å². The number of methoxy groups -OCH3 is 1. The van der Waals surface area contributed by atoms with Crippen LogP contribution in [0.5, 0.6) is 0 Å². The van der Waals surface area contributed by atoms with Crippen LogP contribution in [0.25, 0.3) is 0 Å². The van der Waals surface area contributed by atoms with E-state index in [2.05, 4.69) is 0 Å². The number of alkyl halides is 1. The van der Waals surface area contributed by atoms with Crippen LogP contribution in [0.1, 0.15) is 0 Å². The number of hydrogen-bond acceptors (Lipinski definition) is 1. The number of hydrogen-bond donors (Lipinski definition) is 0. The Hall–Kier alpha value is 0.0600. The summed E-state index contributed by atoms with van der Waals surface area (Å²) in [4.78, 5) is 0. The van der Waals surface area contributed by atoms with Crippen molar-refractivity contribution in [3.63, 3.8) is 0 Å². The summed E-state index contributed by atoms with van der Waals surface area (Å²) < 4.78 is 16.4. The maximum absolute atomic E-state index is 11.5. The van der Waals surface area contributed by atoms with Gasteiger partial charge in [0.1, 0.15) is 6.67 Å². The van der Waals surface area contributed by atoms with Gasteiger partial charge in [-0.15, -0.1) is 0 Å². The van der Waals surface area contributed by atoms with Crippen molar-refractivity contribution in [1.82, 2.24) is 0 Å². The van der Waals surface area contributed by atoms with Gasteiger partial charge in [0.2, 0.25) is 0 Å². The summed E-state index contributed by atoms with van der Waals surface area (Å²) in [7, 11) is 2.31. The van der Waals surface area contributed by atoms with Gasteiger partial charge in [-0.2, -0.15) is 0 Å². The highest BCUT2D eigenvalue weighted by Gasteiger charge is 1.94. The smallest absolute Gasteiger partial charge is 0.108 e. The van der Waals surface area contributed by atoms with E-state index >= 15 is 0 Å². The molecule has 54 valence electrons. The van der Waals surface area contributed by atoms with Gasteiger partial charge in [-0.25, -0.2) is 4.39 Å². The van der Waals surface area contributed by atoms with Crippen LogP contribution in [0, 0.1) is 0 Å². The summed E-state index contributed by atoms with van der Waals surface area (Å²) in [5.41, 5.74) is 0. The van der Waals surface area contributed by atoms with Crippen LogP contribution in [0.4, 0.5) is 4.39 Å². The quantitative estimate of drug-likeness (QED) is 0.438. The fourth-order valence-corrected chi connectivity index (χ4v) is 1.03. The molecule has 0 saturated heterocycles. The molecule has 9 heavy (non-hydrogen) atoms. The summed E-state index contributed by atoms with van der Waals surface area (Å²) in [5.74, 6) is 0.112. The summed E-state index contributed by atoms with van der Waals surface area (Å²) in [5, 5.41) is 0. The highest BCUT2D eigenvalue weighted by atomic mass is 31.1. The molecule has 2 atom stereocenters. The highest BCUT2D eigenvalue weighted by Crippen LogP contribution is 2.14. The molecule has 0 aromatic carbocycles. The lowest BCUT2D eigenvalue weighted by atomic mass is 10.5. The van der Waals surface area contributed by atoms with Crippen molar-refractivity contribution in [2.75, 3.05) is 20.4 Å². The molecule has 0 radical (unpaired) electrons. The molecule has 0 saturated carbocycles. The number of allylic oxidation sites excluding steroid dienone is 1. The van der Waals surface area contributed by atoms with E-state index in [9.17, 15) is 4.39 Å². The van der Waals surface area contributed by atoms with Crippen molar-refractivity contribution in [3.8, 4) is 0 Å². The fraction of sp³-hybridized carbons (Fsp3) is 0.667. The van der Waals surface area contributed by atoms with Gasteiger partial charge in [-0.1, -0.05) is 20.7 Å². The maximum Gasteiger partial charge on any atom is 0.108 e. The van der Waals surface area contributed by atoms with Crippen molar-refractivity contribution in [3.05, 3.63) is 12.2 Å². The number of halogens is 1. The maximum atomic E-state index is 11.5. The lowest BCUT2D eigenvalue weighted by Gasteiger charge is -2.05. The fourth-order valence-electron chi connectivity index (χ4n) is 0.468. The second kappa shape index (κ2) is 6.18. The Labute approximate surface area is 57.1 Å². The molecule has 0 aliphatic rings. The Morgan fingerprint density at radius 3 is 2.78 bits per heavy atom. The molecule has 0 amide bonds. The van der Waals surface area contributed by atoms with Gasteiger partial charge in [-0.05, 0) is 6.66 Å². The zero-order valence-corrected chi connectivity index (χ0v) is 6.73. The van der Waals surface area contributed by atoms with Crippen LogP contribution in [-0.2, 0) is 4.74 Å². The summed E-state index contributed by atoms with van der Waals surface area (Å²) in [6.45, 7) is 1.63. The van der Waals surface area contributed by atoms with Crippen LogP contribution >= 0.6 is 8.58 Å². The van der Waals surface area contributed by atoms with Gasteiger partial charge in [-0.3, -0.25) is 0 Å². The highest BCUT2D eigenvalue weighted by molar-refractivity contribution is 7.37. The Morgan fingerprint density at radius 1 is 1.78 bits per heavy atom. The first-order valence-electron chi connectivity index (χ1n) is 2.77. The van der Waals surface area contributed by atoms with Crippen molar-refractivity contribution >= 4 is 8.58 Å². The first-order valence-corrected chi connectivity index (χ1v) is 4.35. The molecular formula is C6H12FOP. The van der Waals surface area contributed by atoms with E-state index in [0.29, 0.717) is 8.58 Å². The van der Waals surface area contributed by atoms with Gasteiger partial charge in [0.25, 0.3) is 0 Å².